The summed E-state index contributed by atoms with van der Waals surface area (Å²) in [5, 5.41) is 5.48. The number of rotatable bonds is 4. The molecule has 0 bridgehead atoms. The van der Waals surface area contributed by atoms with Crippen LogP contribution in [0.5, 0.6) is 0 Å². The molecule has 6 nitrogen and oxygen atoms in total. The highest BCUT2D eigenvalue weighted by atomic mass is 32.1. The SMILES string of the molecule is Cc1cc(=O)n2nc(C[NH+]3CC[NH+](Cc4ccccc4C)CC3)sc2n1. The van der Waals surface area contributed by atoms with Crippen molar-refractivity contribution in [2.24, 2.45) is 0 Å². The van der Waals surface area contributed by atoms with Crippen LogP contribution in [0.25, 0.3) is 4.96 Å². The zero-order valence-corrected chi connectivity index (χ0v) is 16.1. The van der Waals surface area contributed by atoms with Crippen molar-refractivity contribution in [2.75, 3.05) is 26.2 Å². The van der Waals surface area contributed by atoms with Gasteiger partial charge in [-0.25, -0.2) is 4.98 Å². The molecule has 26 heavy (non-hydrogen) atoms. The topological polar surface area (TPSA) is 56.1 Å². The molecule has 7 heteroatoms. The van der Waals surface area contributed by atoms with E-state index in [0.29, 0.717) is 4.96 Å². The van der Waals surface area contributed by atoms with Gasteiger partial charge in [0.25, 0.3) is 5.56 Å². The van der Waals surface area contributed by atoms with E-state index in [1.807, 2.05) is 6.92 Å². The normalized spacial score (nSPS) is 20.5. The first-order chi connectivity index (χ1) is 12.6. The van der Waals surface area contributed by atoms with Crippen molar-refractivity contribution < 1.29 is 9.80 Å². The Bertz CT molecular complexity index is 971. The maximum atomic E-state index is 12.0. The molecule has 0 radical (unpaired) electrons. The van der Waals surface area contributed by atoms with Crippen LogP contribution in [0.3, 0.4) is 0 Å². The molecule has 1 aromatic carbocycles. The van der Waals surface area contributed by atoms with E-state index in [-0.39, 0.29) is 5.56 Å². The van der Waals surface area contributed by atoms with E-state index in [9.17, 15) is 4.79 Å². The number of hydrogen-bond donors (Lipinski definition) is 2. The third kappa shape index (κ3) is 3.70. The van der Waals surface area contributed by atoms with Crippen molar-refractivity contribution in [1.82, 2.24) is 14.6 Å². The van der Waals surface area contributed by atoms with Crippen molar-refractivity contribution >= 4 is 16.3 Å². The summed E-state index contributed by atoms with van der Waals surface area (Å²) in [6.07, 6.45) is 0. The first kappa shape index (κ1) is 17.3. The van der Waals surface area contributed by atoms with Crippen LogP contribution >= 0.6 is 11.3 Å². The Hall–Kier alpha value is -2.09. The standard InChI is InChI=1S/C19H23N5OS/c1-14-5-3-4-6-16(14)12-22-7-9-23(10-8-22)13-17-21-24-18(25)11-15(2)20-19(24)26-17/h3-6,11H,7-10,12-13H2,1-2H3/p+2. The zero-order chi connectivity index (χ0) is 18.1. The van der Waals surface area contributed by atoms with Crippen molar-refractivity contribution in [3.8, 4) is 0 Å². The van der Waals surface area contributed by atoms with Crippen molar-refractivity contribution in [3.63, 3.8) is 0 Å². The van der Waals surface area contributed by atoms with Crippen LogP contribution in [0.2, 0.25) is 0 Å². The van der Waals surface area contributed by atoms with Gasteiger partial charge < -0.3 is 9.80 Å². The van der Waals surface area contributed by atoms with Gasteiger partial charge in [0.1, 0.15) is 39.3 Å². The number of benzene rings is 1. The Morgan fingerprint density at radius 2 is 1.77 bits per heavy atom. The van der Waals surface area contributed by atoms with Gasteiger partial charge >= 0.3 is 0 Å². The number of aryl methyl sites for hydroxylation is 2. The van der Waals surface area contributed by atoms with E-state index < -0.39 is 0 Å². The monoisotopic (exact) mass is 371 g/mol. The summed E-state index contributed by atoms with van der Waals surface area (Å²) < 4.78 is 1.44. The molecule has 3 heterocycles. The summed E-state index contributed by atoms with van der Waals surface area (Å²) in [6.45, 7) is 10.7. The highest BCUT2D eigenvalue weighted by Gasteiger charge is 2.24. The van der Waals surface area contributed by atoms with Crippen molar-refractivity contribution in [3.05, 3.63) is 62.5 Å². The van der Waals surface area contributed by atoms with E-state index in [1.54, 1.807) is 9.80 Å². The van der Waals surface area contributed by atoms with Gasteiger partial charge in [0.05, 0.1) is 0 Å². The van der Waals surface area contributed by atoms with Gasteiger partial charge in [0, 0.05) is 17.3 Å². The third-order valence-electron chi connectivity index (χ3n) is 5.18. The van der Waals surface area contributed by atoms with E-state index in [0.717, 1.165) is 36.9 Å². The zero-order valence-electron chi connectivity index (χ0n) is 15.3. The molecule has 1 aliphatic heterocycles. The average molecular weight is 372 g/mol. The lowest BCUT2D eigenvalue weighted by molar-refractivity contribution is -1.02. The number of piperazine rings is 1. The Kier molecular flexibility index (Phi) is 4.84. The van der Waals surface area contributed by atoms with Crippen LogP contribution < -0.4 is 15.4 Å². The highest BCUT2D eigenvalue weighted by molar-refractivity contribution is 7.16. The van der Waals surface area contributed by atoms with Crippen LogP contribution in [0, 0.1) is 13.8 Å². The van der Waals surface area contributed by atoms with E-state index >= 15 is 0 Å². The summed E-state index contributed by atoms with van der Waals surface area (Å²) in [6, 6.07) is 10.2. The molecular formula is C19H25N5OS+2. The average Bonchev–Trinajstić information content (AvgIpc) is 3.01. The maximum Gasteiger partial charge on any atom is 0.275 e. The van der Waals surface area contributed by atoms with E-state index in [2.05, 4.69) is 41.3 Å². The molecule has 0 spiro atoms. The number of aromatic nitrogens is 3. The number of quaternary nitrogens is 2. The molecule has 0 saturated carbocycles. The molecule has 2 aromatic heterocycles. The molecule has 136 valence electrons. The number of hydrogen-bond acceptors (Lipinski definition) is 4. The van der Waals surface area contributed by atoms with Gasteiger partial charge in [-0.15, -0.1) is 0 Å². The van der Waals surface area contributed by atoms with Gasteiger partial charge in [-0.2, -0.15) is 9.61 Å². The van der Waals surface area contributed by atoms with E-state index in [1.165, 1.54) is 46.1 Å². The Balaban J connectivity index is 1.37. The minimum Gasteiger partial charge on any atom is -0.322 e. The van der Waals surface area contributed by atoms with Crippen LogP contribution in [0.1, 0.15) is 21.8 Å². The van der Waals surface area contributed by atoms with Gasteiger partial charge in [-0.3, -0.25) is 4.79 Å². The van der Waals surface area contributed by atoms with Crippen molar-refractivity contribution in [2.45, 2.75) is 26.9 Å². The lowest BCUT2D eigenvalue weighted by Crippen LogP contribution is -3.27. The lowest BCUT2D eigenvalue weighted by Gasteiger charge is -2.29. The maximum absolute atomic E-state index is 12.0. The number of nitrogens with zero attached hydrogens (tertiary/aromatic N) is 3. The summed E-state index contributed by atoms with van der Waals surface area (Å²) in [5.41, 5.74) is 3.51. The molecule has 3 aromatic rings. The lowest BCUT2D eigenvalue weighted by atomic mass is 10.1. The van der Waals surface area contributed by atoms with Gasteiger partial charge in [-0.05, 0) is 19.4 Å². The first-order valence-corrected chi connectivity index (χ1v) is 9.98. The predicted molar refractivity (Wildman–Crippen MR) is 102 cm³/mol. The van der Waals surface area contributed by atoms with Crippen LogP contribution in [0.4, 0.5) is 0 Å². The molecule has 2 N–H and O–H groups in total. The molecule has 1 saturated heterocycles. The number of fused-ring (bicyclic) bond motifs is 1. The van der Waals surface area contributed by atoms with Crippen LogP contribution in [0.15, 0.2) is 35.1 Å². The fraction of sp³-hybridized carbons (Fsp3) is 0.421. The molecule has 0 atom stereocenters. The predicted octanol–water partition coefficient (Wildman–Crippen LogP) is -0.749. The second-order valence-electron chi connectivity index (χ2n) is 7.21. The first-order valence-electron chi connectivity index (χ1n) is 9.16. The fourth-order valence-corrected chi connectivity index (χ4v) is 4.65. The second kappa shape index (κ2) is 7.26. The molecule has 1 aliphatic rings. The molecular weight excluding hydrogens is 346 g/mol. The Labute approximate surface area is 156 Å². The minimum atomic E-state index is -0.0857. The quantitative estimate of drug-likeness (QED) is 0.635. The summed E-state index contributed by atoms with van der Waals surface area (Å²) in [4.78, 5) is 20.3. The third-order valence-corrected chi connectivity index (χ3v) is 6.09. The minimum absolute atomic E-state index is 0.0857. The smallest absolute Gasteiger partial charge is 0.275 e. The summed E-state index contributed by atoms with van der Waals surface area (Å²) in [7, 11) is 0. The molecule has 0 aliphatic carbocycles. The molecule has 0 amide bonds. The summed E-state index contributed by atoms with van der Waals surface area (Å²) >= 11 is 1.54. The van der Waals surface area contributed by atoms with Crippen LogP contribution in [-0.2, 0) is 13.1 Å². The molecule has 1 fully saturated rings. The van der Waals surface area contributed by atoms with Crippen molar-refractivity contribution in [1.29, 1.82) is 0 Å². The molecule has 4 rings (SSSR count). The van der Waals surface area contributed by atoms with Crippen LogP contribution in [-0.4, -0.2) is 40.8 Å². The fourth-order valence-electron chi connectivity index (χ4n) is 3.63. The van der Waals surface area contributed by atoms with Gasteiger partial charge in [0.2, 0.25) is 4.96 Å². The number of nitrogens with one attached hydrogen (secondary N) is 2. The Morgan fingerprint density at radius 3 is 2.50 bits per heavy atom. The van der Waals surface area contributed by atoms with Gasteiger partial charge in [0.15, 0.2) is 5.01 Å². The largest absolute Gasteiger partial charge is 0.322 e. The second-order valence-corrected chi connectivity index (χ2v) is 8.25. The highest BCUT2D eigenvalue weighted by Crippen LogP contribution is 2.10. The van der Waals surface area contributed by atoms with E-state index in [4.69, 9.17) is 0 Å². The Morgan fingerprint density at radius 1 is 1.08 bits per heavy atom. The summed E-state index contributed by atoms with van der Waals surface area (Å²) in [5.74, 6) is 0. The van der Waals surface area contributed by atoms with Gasteiger partial charge in [-0.1, -0.05) is 35.6 Å². The molecule has 0 unspecified atom stereocenters.